The maximum absolute atomic E-state index is 13.9. The van der Waals surface area contributed by atoms with Crippen LogP contribution >= 0.6 is 11.6 Å². The number of primary amides is 1. The van der Waals surface area contributed by atoms with Crippen molar-refractivity contribution in [2.45, 2.75) is 31.7 Å². The standard InChI is InChI=1S/C14H16ClFN2O2/c1-2-11(14(17)20)18-7-8(6-12(18)19)13-9(15)4-3-5-10(13)16/h3-5,8,11H,2,6-7H2,1H3,(H2,17,20). The first-order valence-electron chi connectivity index (χ1n) is 6.48. The van der Waals surface area contributed by atoms with E-state index < -0.39 is 17.8 Å². The lowest BCUT2D eigenvalue weighted by Crippen LogP contribution is -2.45. The largest absolute Gasteiger partial charge is 0.368 e. The Morgan fingerprint density at radius 2 is 2.30 bits per heavy atom. The predicted molar refractivity (Wildman–Crippen MR) is 73.8 cm³/mol. The number of carbonyl (C=O) groups is 2. The molecule has 1 heterocycles. The maximum atomic E-state index is 13.9. The molecule has 6 heteroatoms. The molecule has 108 valence electrons. The van der Waals surface area contributed by atoms with Crippen molar-refractivity contribution in [1.29, 1.82) is 0 Å². The number of hydrogen-bond donors (Lipinski definition) is 1. The first-order chi connectivity index (χ1) is 9.45. The van der Waals surface area contributed by atoms with Crippen LogP contribution in [-0.4, -0.2) is 29.3 Å². The van der Waals surface area contributed by atoms with Gasteiger partial charge in [-0.25, -0.2) is 4.39 Å². The minimum atomic E-state index is -0.641. The van der Waals surface area contributed by atoms with Crippen molar-refractivity contribution in [3.8, 4) is 0 Å². The third-order valence-corrected chi connectivity index (χ3v) is 3.99. The second-order valence-electron chi connectivity index (χ2n) is 4.91. The van der Waals surface area contributed by atoms with Crippen LogP contribution in [0.5, 0.6) is 0 Å². The first-order valence-corrected chi connectivity index (χ1v) is 6.86. The number of carbonyl (C=O) groups excluding carboxylic acids is 2. The fourth-order valence-corrected chi connectivity index (χ4v) is 3.02. The highest BCUT2D eigenvalue weighted by molar-refractivity contribution is 6.31. The van der Waals surface area contributed by atoms with Gasteiger partial charge in [-0.2, -0.15) is 0 Å². The molecule has 1 fully saturated rings. The van der Waals surface area contributed by atoms with E-state index in [9.17, 15) is 14.0 Å². The molecule has 0 radical (unpaired) electrons. The third kappa shape index (κ3) is 2.63. The number of benzene rings is 1. The van der Waals surface area contributed by atoms with Crippen molar-refractivity contribution in [2.24, 2.45) is 5.73 Å². The summed E-state index contributed by atoms with van der Waals surface area (Å²) in [5, 5.41) is 0.303. The van der Waals surface area contributed by atoms with E-state index in [-0.39, 0.29) is 24.8 Å². The zero-order valence-corrected chi connectivity index (χ0v) is 11.9. The summed E-state index contributed by atoms with van der Waals surface area (Å²) in [6, 6.07) is 3.80. The van der Waals surface area contributed by atoms with Gasteiger partial charge in [0.2, 0.25) is 11.8 Å². The fourth-order valence-electron chi connectivity index (χ4n) is 2.70. The van der Waals surface area contributed by atoms with Crippen LogP contribution in [0, 0.1) is 5.82 Å². The smallest absolute Gasteiger partial charge is 0.240 e. The summed E-state index contributed by atoms with van der Waals surface area (Å²) in [5.41, 5.74) is 5.64. The average molecular weight is 299 g/mol. The number of amides is 2. The van der Waals surface area contributed by atoms with Crippen molar-refractivity contribution < 1.29 is 14.0 Å². The summed E-state index contributed by atoms with van der Waals surface area (Å²) in [7, 11) is 0. The summed E-state index contributed by atoms with van der Waals surface area (Å²) < 4.78 is 13.9. The number of likely N-dealkylation sites (tertiary alicyclic amines) is 1. The molecule has 2 atom stereocenters. The molecule has 0 spiro atoms. The number of nitrogens with zero attached hydrogens (tertiary/aromatic N) is 1. The molecule has 0 aromatic heterocycles. The van der Waals surface area contributed by atoms with E-state index in [2.05, 4.69) is 0 Å². The normalized spacial score (nSPS) is 20.2. The number of nitrogens with two attached hydrogens (primary N) is 1. The Hall–Kier alpha value is -1.62. The van der Waals surface area contributed by atoms with Crippen molar-refractivity contribution in [2.75, 3.05) is 6.54 Å². The van der Waals surface area contributed by atoms with Gasteiger partial charge in [0.05, 0.1) is 0 Å². The molecule has 0 bridgehead atoms. The molecular formula is C14H16ClFN2O2. The molecule has 1 aliphatic heterocycles. The van der Waals surface area contributed by atoms with Crippen LogP contribution in [0.25, 0.3) is 0 Å². The Kier molecular flexibility index (Phi) is 4.28. The second-order valence-corrected chi connectivity index (χ2v) is 5.32. The highest BCUT2D eigenvalue weighted by atomic mass is 35.5. The number of hydrogen-bond acceptors (Lipinski definition) is 2. The van der Waals surface area contributed by atoms with Crippen LogP contribution in [-0.2, 0) is 9.59 Å². The van der Waals surface area contributed by atoms with Gasteiger partial charge < -0.3 is 10.6 Å². The molecule has 2 N–H and O–H groups in total. The lowest BCUT2D eigenvalue weighted by atomic mass is 9.97. The Bertz CT molecular complexity index is 530. The molecule has 0 saturated carbocycles. The Morgan fingerprint density at radius 1 is 1.60 bits per heavy atom. The van der Waals surface area contributed by atoms with Crippen LogP contribution < -0.4 is 5.73 Å². The zero-order chi connectivity index (χ0) is 14.9. The summed E-state index contributed by atoms with van der Waals surface area (Å²) in [5.74, 6) is -1.50. The van der Waals surface area contributed by atoms with Crippen LogP contribution in [0.3, 0.4) is 0 Å². The van der Waals surface area contributed by atoms with E-state index in [4.69, 9.17) is 17.3 Å². The van der Waals surface area contributed by atoms with Crippen molar-refractivity contribution in [1.82, 2.24) is 4.90 Å². The molecule has 1 aromatic carbocycles. The van der Waals surface area contributed by atoms with Gasteiger partial charge in [-0.05, 0) is 18.6 Å². The molecule has 0 aliphatic carbocycles. The molecule has 2 unspecified atom stereocenters. The van der Waals surface area contributed by atoms with E-state index >= 15 is 0 Å². The van der Waals surface area contributed by atoms with Gasteiger partial charge in [-0.15, -0.1) is 0 Å². The molecule has 2 amide bonds. The average Bonchev–Trinajstić information content (AvgIpc) is 2.71. The summed E-state index contributed by atoms with van der Waals surface area (Å²) in [4.78, 5) is 24.8. The van der Waals surface area contributed by atoms with Gasteiger partial charge in [0, 0.05) is 29.5 Å². The zero-order valence-electron chi connectivity index (χ0n) is 11.1. The molecular weight excluding hydrogens is 283 g/mol. The van der Waals surface area contributed by atoms with Gasteiger partial charge >= 0.3 is 0 Å². The monoisotopic (exact) mass is 298 g/mol. The Morgan fingerprint density at radius 3 is 2.85 bits per heavy atom. The van der Waals surface area contributed by atoms with E-state index in [1.165, 1.54) is 17.0 Å². The molecule has 20 heavy (non-hydrogen) atoms. The SMILES string of the molecule is CCC(C(N)=O)N1CC(c2c(F)cccc2Cl)CC1=O. The lowest BCUT2D eigenvalue weighted by Gasteiger charge is -2.24. The molecule has 1 aliphatic rings. The van der Waals surface area contributed by atoms with Gasteiger partial charge in [0.1, 0.15) is 11.9 Å². The summed E-state index contributed by atoms with van der Waals surface area (Å²) >= 11 is 6.02. The van der Waals surface area contributed by atoms with Crippen molar-refractivity contribution in [3.63, 3.8) is 0 Å². The minimum absolute atomic E-state index is 0.143. The molecule has 2 rings (SSSR count). The van der Waals surface area contributed by atoms with Crippen LogP contribution in [0.15, 0.2) is 18.2 Å². The number of rotatable bonds is 4. The quantitative estimate of drug-likeness (QED) is 0.925. The predicted octanol–water partition coefficient (Wildman–Crippen LogP) is 2.06. The van der Waals surface area contributed by atoms with Gasteiger partial charge in [-0.3, -0.25) is 9.59 Å². The van der Waals surface area contributed by atoms with Crippen LogP contribution in [0.1, 0.15) is 31.2 Å². The lowest BCUT2D eigenvalue weighted by molar-refractivity contribution is -0.136. The Labute approximate surface area is 121 Å². The first kappa shape index (κ1) is 14.8. The third-order valence-electron chi connectivity index (χ3n) is 3.66. The van der Waals surface area contributed by atoms with Gasteiger partial charge in [-0.1, -0.05) is 24.6 Å². The topological polar surface area (TPSA) is 63.4 Å². The van der Waals surface area contributed by atoms with E-state index in [0.717, 1.165) is 0 Å². The summed E-state index contributed by atoms with van der Waals surface area (Å²) in [6.07, 6.45) is 0.587. The van der Waals surface area contributed by atoms with Gasteiger partial charge in [0.15, 0.2) is 0 Å². The van der Waals surface area contributed by atoms with Crippen molar-refractivity contribution >= 4 is 23.4 Å². The molecule has 4 nitrogen and oxygen atoms in total. The highest BCUT2D eigenvalue weighted by Gasteiger charge is 2.38. The summed E-state index contributed by atoms with van der Waals surface area (Å²) in [6.45, 7) is 2.05. The van der Waals surface area contributed by atoms with Crippen LogP contribution in [0.4, 0.5) is 4.39 Å². The molecule has 1 saturated heterocycles. The van der Waals surface area contributed by atoms with E-state index in [1.54, 1.807) is 13.0 Å². The van der Waals surface area contributed by atoms with Gasteiger partial charge in [0.25, 0.3) is 0 Å². The molecule has 1 aromatic rings. The van der Waals surface area contributed by atoms with E-state index in [0.29, 0.717) is 17.0 Å². The maximum Gasteiger partial charge on any atom is 0.240 e. The van der Waals surface area contributed by atoms with E-state index in [1.807, 2.05) is 0 Å². The van der Waals surface area contributed by atoms with Crippen molar-refractivity contribution in [3.05, 3.63) is 34.6 Å². The fraction of sp³-hybridized carbons (Fsp3) is 0.429. The van der Waals surface area contributed by atoms with Crippen LogP contribution in [0.2, 0.25) is 5.02 Å². The second kappa shape index (κ2) is 5.79. The highest BCUT2D eigenvalue weighted by Crippen LogP contribution is 2.35. The Balaban J connectivity index is 2.27. The number of halogens is 2. The minimum Gasteiger partial charge on any atom is -0.368 e.